The van der Waals surface area contributed by atoms with Crippen LogP contribution in [0.1, 0.15) is 36.0 Å². The Balaban J connectivity index is 2.12. The van der Waals surface area contributed by atoms with Crippen LogP contribution in [0, 0.1) is 6.92 Å². The zero-order valence-electron chi connectivity index (χ0n) is 11.6. The number of likely N-dealkylation sites (tertiary alicyclic amines) is 1. The van der Waals surface area contributed by atoms with E-state index >= 15 is 0 Å². The molecule has 0 aliphatic carbocycles. The number of aliphatic hydroxyl groups excluding tert-OH is 1. The van der Waals surface area contributed by atoms with Gasteiger partial charge in [-0.1, -0.05) is 6.07 Å². The fourth-order valence-corrected chi connectivity index (χ4v) is 2.56. The molecule has 0 aromatic heterocycles. The van der Waals surface area contributed by atoms with Gasteiger partial charge in [0, 0.05) is 13.1 Å². The molecule has 1 saturated heterocycles. The number of aliphatic hydroxyl groups is 1. The predicted octanol–water partition coefficient (Wildman–Crippen LogP) is 3.36. The van der Waals surface area contributed by atoms with E-state index in [1.54, 1.807) is 0 Å². The number of nitrogens with zero attached hydrogens (tertiary/aromatic N) is 1. The monoisotopic (exact) mass is 287 g/mol. The molecule has 1 aliphatic heterocycles. The maximum atomic E-state index is 12.7. The molecule has 0 spiro atoms. The van der Waals surface area contributed by atoms with E-state index in [2.05, 4.69) is 4.90 Å². The number of aryl methyl sites for hydroxylation is 1. The molecule has 1 N–H and O–H groups in total. The first kappa shape index (κ1) is 15.3. The van der Waals surface area contributed by atoms with Crippen molar-refractivity contribution in [1.29, 1.82) is 0 Å². The van der Waals surface area contributed by atoms with Gasteiger partial charge in [0.1, 0.15) is 0 Å². The Bertz CT molecular complexity index is 459. The number of benzene rings is 1. The fraction of sp³-hybridized carbons (Fsp3) is 0.600. The third-order valence-electron chi connectivity index (χ3n) is 3.86. The Morgan fingerprint density at radius 1 is 1.25 bits per heavy atom. The molecule has 1 atom stereocenters. The molecule has 0 bridgehead atoms. The third-order valence-corrected chi connectivity index (χ3v) is 3.86. The fourth-order valence-electron chi connectivity index (χ4n) is 2.56. The van der Waals surface area contributed by atoms with Gasteiger partial charge in [0.2, 0.25) is 0 Å². The van der Waals surface area contributed by atoms with Gasteiger partial charge in [-0.3, -0.25) is 4.90 Å². The van der Waals surface area contributed by atoms with Gasteiger partial charge in [-0.15, -0.1) is 0 Å². The number of hydrogen-bond acceptors (Lipinski definition) is 2. The normalized spacial score (nSPS) is 21.8. The molecule has 1 aromatic carbocycles. The minimum atomic E-state index is -4.29. The van der Waals surface area contributed by atoms with Crippen molar-refractivity contribution in [1.82, 2.24) is 4.90 Å². The highest BCUT2D eigenvalue weighted by Gasteiger charge is 2.30. The van der Waals surface area contributed by atoms with E-state index in [1.165, 1.54) is 12.1 Å². The van der Waals surface area contributed by atoms with Crippen LogP contribution in [-0.4, -0.2) is 29.2 Å². The minimum Gasteiger partial charge on any atom is -0.393 e. The molecule has 0 amide bonds. The number of alkyl halides is 3. The highest BCUT2D eigenvalue weighted by atomic mass is 19.4. The van der Waals surface area contributed by atoms with Gasteiger partial charge < -0.3 is 5.11 Å². The summed E-state index contributed by atoms with van der Waals surface area (Å²) in [6.07, 6.45) is -2.21. The first-order valence-electron chi connectivity index (χ1n) is 6.93. The van der Waals surface area contributed by atoms with Crippen LogP contribution in [0.4, 0.5) is 13.2 Å². The lowest BCUT2D eigenvalue weighted by Crippen LogP contribution is -2.25. The third kappa shape index (κ3) is 3.96. The molecule has 112 valence electrons. The summed E-state index contributed by atoms with van der Waals surface area (Å²) in [5.41, 5.74) is 1.01. The van der Waals surface area contributed by atoms with E-state index < -0.39 is 11.7 Å². The van der Waals surface area contributed by atoms with Gasteiger partial charge in [-0.2, -0.15) is 13.2 Å². The van der Waals surface area contributed by atoms with E-state index in [0.717, 1.165) is 43.1 Å². The number of rotatable bonds is 2. The second-order valence-corrected chi connectivity index (χ2v) is 5.50. The van der Waals surface area contributed by atoms with E-state index in [4.69, 9.17) is 0 Å². The molecule has 1 aromatic rings. The van der Waals surface area contributed by atoms with E-state index in [0.29, 0.717) is 13.0 Å². The van der Waals surface area contributed by atoms with Crippen LogP contribution in [0.3, 0.4) is 0 Å². The second-order valence-electron chi connectivity index (χ2n) is 5.50. The van der Waals surface area contributed by atoms with Gasteiger partial charge in [0.15, 0.2) is 0 Å². The summed E-state index contributed by atoms with van der Waals surface area (Å²) in [5.74, 6) is 0. The molecule has 0 saturated carbocycles. The predicted molar refractivity (Wildman–Crippen MR) is 71.3 cm³/mol. The molecule has 5 heteroatoms. The molecule has 0 unspecified atom stereocenters. The van der Waals surface area contributed by atoms with Crippen LogP contribution in [0.15, 0.2) is 18.2 Å². The maximum absolute atomic E-state index is 12.7. The maximum Gasteiger partial charge on any atom is 0.416 e. The molecular formula is C15H20F3NO. The molecule has 1 aliphatic rings. The first-order valence-corrected chi connectivity index (χ1v) is 6.93. The summed E-state index contributed by atoms with van der Waals surface area (Å²) in [6, 6.07) is 3.91. The highest BCUT2D eigenvalue weighted by molar-refractivity contribution is 5.32. The molecule has 0 radical (unpaired) electrons. The molecule has 2 rings (SSSR count). The Morgan fingerprint density at radius 2 is 2.00 bits per heavy atom. The van der Waals surface area contributed by atoms with Crippen LogP contribution < -0.4 is 0 Å². The zero-order chi connectivity index (χ0) is 14.8. The molecule has 1 heterocycles. The van der Waals surface area contributed by atoms with Gasteiger partial charge in [0.25, 0.3) is 0 Å². The summed E-state index contributed by atoms with van der Waals surface area (Å²) in [6.45, 7) is 3.91. The van der Waals surface area contributed by atoms with Crippen LogP contribution in [0.25, 0.3) is 0 Å². The number of halogens is 3. The van der Waals surface area contributed by atoms with E-state index in [1.807, 2.05) is 6.92 Å². The SMILES string of the molecule is Cc1ccc(C(F)(F)F)cc1CN1CCC[C@@H](O)CC1. The largest absolute Gasteiger partial charge is 0.416 e. The Labute approximate surface area is 117 Å². The standard InChI is InChI=1S/C15H20F3NO/c1-11-4-5-13(15(16,17)18)9-12(11)10-19-7-2-3-14(20)6-8-19/h4-5,9,14,20H,2-3,6-8,10H2,1H3/t14-/m1/s1. The van der Waals surface area contributed by atoms with E-state index in [9.17, 15) is 18.3 Å². The van der Waals surface area contributed by atoms with Crippen molar-refractivity contribution in [2.45, 2.75) is 45.0 Å². The van der Waals surface area contributed by atoms with Crippen molar-refractivity contribution in [3.63, 3.8) is 0 Å². The van der Waals surface area contributed by atoms with Crippen LogP contribution >= 0.6 is 0 Å². The number of hydrogen-bond donors (Lipinski definition) is 1. The van der Waals surface area contributed by atoms with Crippen molar-refractivity contribution in [3.05, 3.63) is 34.9 Å². The molecular weight excluding hydrogens is 267 g/mol. The van der Waals surface area contributed by atoms with E-state index in [-0.39, 0.29) is 6.10 Å². The smallest absolute Gasteiger partial charge is 0.393 e. The van der Waals surface area contributed by atoms with Gasteiger partial charge in [-0.05, 0) is 56.0 Å². The van der Waals surface area contributed by atoms with Crippen molar-refractivity contribution in [3.8, 4) is 0 Å². The highest BCUT2D eigenvalue weighted by Crippen LogP contribution is 2.31. The van der Waals surface area contributed by atoms with Gasteiger partial charge >= 0.3 is 6.18 Å². The lowest BCUT2D eigenvalue weighted by Gasteiger charge is -2.21. The quantitative estimate of drug-likeness (QED) is 0.901. The average Bonchev–Trinajstić information content (AvgIpc) is 2.56. The molecule has 2 nitrogen and oxygen atoms in total. The molecule has 20 heavy (non-hydrogen) atoms. The summed E-state index contributed by atoms with van der Waals surface area (Å²) in [7, 11) is 0. The van der Waals surface area contributed by atoms with Crippen LogP contribution in [0.5, 0.6) is 0 Å². The van der Waals surface area contributed by atoms with Crippen molar-refractivity contribution in [2.24, 2.45) is 0 Å². The lowest BCUT2D eigenvalue weighted by atomic mass is 10.0. The summed E-state index contributed by atoms with van der Waals surface area (Å²) >= 11 is 0. The van der Waals surface area contributed by atoms with Crippen molar-refractivity contribution >= 4 is 0 Å². The zero-order valence-corrected chi connectivity index (χ0v) is 11.6. The molecule has 1 fully saturated rings. The lowest BCUT2D eigenvalue weighted by molar-refractivity contribution is -0.137. The summed E-state index contributed by atoms with van der Waals surface area (Å²) in [4.78, 5) is 2.12. The summed E-state index contributed by atoms with van der Waals surface area (Å²) in [5, 5.41) is 9.60. The second kappa shape index (κ2) is 6.14. The Kier molecular flexibility index (Phi) is 4.70. The first-order chi connectivity index (χ1) is 9.36. The van der Waals surface area contributed by atoms with Crippen molar-refractivity contribution < 1.29 is 18.3 Å². The Hall–Kier alpha value is -1.07. The summed E-state index contributed by atoms with van der Waals surface area (Å²) < 4.78 is 38.2. The van der Waals surface area contributed by atoms with Gasteiger partial charge in [0.05, 0.1) is 11.7 Å². The van der Waals surface area contributed by atoms with Crippen molar-refractivity contribution in [2.75, 3.05) is 13.1 Å². The van der Waals surface area contributed by atoms with Crippen LogP contribution in [0.2, 0.25) is 0 Å². The topological polar surface area (TPSA) is 23.5 Å². The minimum absolute atomic E-state index is 0.275. The Morgan fingerprint density at radius 3 is 2.70 bits per heavy atom. The average molecular weight is 287 g/mol. The van der Waals surface area contributed by atoms with Gasteiger partial charge in [-0.25, -0.2) is 0 Å². The van der Waals surface area contributed by atoms with Crippen LogP contribution in [-0.2, 0) is 12.7 Å².